The molecule has 22 heavy (non-hydrogen) atoms. The molecule has 5 nitrogen and oxygen atoms in total. The Bertz CT molecular complexity index is 579. The van der Waals surface area contributed by atoms with Crippen molar-refractivity contribution in [2.75, 3.05) is 18.5 Å². The number of hydrogen-bond donors (Lipinski definition) is 1. The van der Waals surface area contributed by atoms with E-state index in [9.17, 15) is 4.79 Å². The lowest BCUT2D eigenvalue weighted by Crippen LogP contribution is -2.27. The van der Waals surface area contributed by atoms with Gasteiger partial charge in [0.15, 0.2) is 0 Å². The van der Waals surface area contributed by atoms with E-state index in [-0.39, 0.29) is 0 Å². The first-order valence-electron chi connectivity index (χ1n) is 7.21. The normalized spacial score (nSPS) is 15.2. The lowest BCUT2D eigenvalue weighted by Gasteiger charge is -2.20. The Hall–Kier alpha value is -1.40. The van der Waals surface area contributed by atoms with E-state index in [1.165, 1.54) is 0 Å². The third kappa shape index (κ3) is 5.10. The lowest BCUT2D eigenvalue weighted by atomic mass is 10.1. The second-order valence-corrected chi connectivity index (χ2v) is 6.61. The van der Waals surface area contributed by atoms with E-state index in [0.717, 1.165) is 23.4 Å². The second kappa shape index (κ2) is 7.24. The number of hydrogen-bond acceptors (Lipinski definition) is 4. The molecule has 1 aromatic heterocycles. The van der Waals surface area contributed by atoms with Crippen LogP contribution >= 0.6 is 15.9 Å². The third-order valence-electron chi connectivity index (χ3n) is 2.95. The molecule has 0 saturated heterocycles. The Labute approximate surface area is 139 Å². The van der Waals surface area contributed by atoms with Crippen molar-refractivity contribution in [1.82, 2.24) is 4.98 Å². The van der Waals surface area contributed by atoms with Gasteiger partial charge in [0.1, 0.15) is 5.60 Å². The molecule has 0 bridgehead atoms. The highest BCUT2D eigenvalue weighted by Crippen LogP contribution is 2.24. The minimum Gasteiger partial charge on any atom is -0.444 e. The van der Waals surface area contributed by atoms with Crippen molar-refractivity contribution in [2.45, 2.75) is 38.1 Å². The summed E-state index contributed by atoms with van der Waals surface area (Å²) < 4.78 is 10.6. The van der Waals surface area contributed by atoms with Gasteiger partial charge in [-0.1, -0.05) is 22.0 Å². The molecule has 0 aliphatic carbocycles. The summed E-state index contributed by atoms with van der Waals surface area (Å²) in [6.45, 7) is 6.80. The molecule has 2 rings (SSSR count). The van der Waals surface area contributed by atoms with E-state index in [1.807, 2.05) is 39.0 Å². The van der Waals surface area contributed by atoms with Gasteiger partial charge in [0, 0.05) is 11.0 Å². The van der Waals surface area contributed by atoms with Crippen LogP contribution in [-0.2, 0) is 14.8 Å². The summed E-state index contributed by atoms with van der Waals surface area (Å²) in [6, 6.07) is 3.70. The second-order valence-electron chi connectivity index (χ2n) is 6.05. The van der Waals surface area contributed by atoms with Gasteiger partial charge in [0.25, 0.3) is 0 Å². The number of alkyl halides is 1. The predicted molar refractivity (Wildman–Crippen MR) is 90.1 cm³/mol. The molecule has 0 radical (unpaired) electrons. The van der Waals surface area contributed by atoms with Gasteiger partial charge in [0.2, 0.25) is 0 Å². The van der Waals surface area contributed by atoms with Crippen molar-refractivity contribution in [1.29, 1.82) is 0 Å². The first-order chi connectivity index (χ1) is 10.4. The molecule has 0 spiro atoms. The van der Waals surface area contributed by atoms with E-state index in [2.05, 4.69) is 26.2 Å². The minimum atomic E-state index is -0.526. The summed E-state index contributed by atoms with van der Waals surface area (Å²) in [5, 5.41) is 3.39. The molecule has 0 atom stereocenters. The fourth-order valence-electron chi connectivity index (χ4n) is 2.07. The molecule has 0 saturated carbocycles. The van der Waals surface area contributed by atoms with Gasteiger partial charge in [-0.05, 0) is 44.9 Å². The maximum absolute atomic E-state index is 11.9. The van der Waals surface area contributed by atoms with Crippen LogP contribution in [0.3, 0.4) is 0 Å². The number of halogens is 1. The van der Waals surface area contributed by atoms with Crippen LogP contribution in [0.5, 0.6) is 0 Å². The molecule has 0 unspecified atom stereocenters. The van der Waals surface area contributed by atoms with Crippen LogP contribution < -0.4 is 5.32 Å². The van der Waals surface area contributed by atoms with Crippen molar-refractivity contribution in [2.24, 2.45) is 0 Å². The number of carbonyl (C=O) groups excluding carboxylic acids is 1. The zero-order valence-electron chi connectivity index (χ0n) is 13.1. The number of amides is 1. The van der Waals surface area contributed by atoms with Crippen molar-refractivity contribution >= 4 is 33.3 Å². The fraction of sp³-hybridized carbons (Fsp3) is 0.500. The fourth-order valence-corrected chi connectivity index (χ4v) is 2.36. The van der Waals surface area contributed by atoms with Crippen LogP contribution in [0, 0.1) is 0 Å². The van der Waals surface area contributed by atoms with Crippen LogP contribution in [0.1, 0.15) is 38.6 Å². The Kier molecular flexibility index (Phi) is 5.58. The molecule has 1 aromatic rings. The van der Waals surface area contributed by atoms with Crippen LogP contribution in [0.2, 0.25) is 0 Å². The highest BCUT2D eigenvalue weighted by molar-refractivity contribution is 9.08. The largest absolute Gasteiger partial charge is 0.444 e. The Morgan fingerprint density at radius 3 is 2.82 bits per heavy atom. The minimum absolute atomic E-state index is 0.467. The van der Waals surface area contributed by atoms with E-state index >= 15 is 0 Å². The number of pyridine rings is 1. The summed E-state index contributed by atoms with van der Waals surface area (Å²) in [4.78, 5) is 16.5. The van der Waals surface area contributed by atoms with E-state index in [1.54, 1.807) is 0 Å². The topological polar surface area (TPSA) is 60.5 Å². The van der Waals surface area contributed by atoms with Crippen LogP contribution in [0.25, 0.3) is 5.57 Å². The SMILES string of the molecule is CC(C)(C)OC(=O)Nc1cc(CBr)nc(C2=CCOCC2)c1. The van der Waals surface area contributed by atoms with E-state index in [4.69, 9.17) is 9.47 Å². The van der Waals surface area contributed by atoms with Crippen LogP contribution in [-0.4, -0.2) is 29.9 Å². The summed E-state index contributed by atoms with van der Waals surface area (Å²) in [7, 11) is 0. The predicted octanol–water partition coefficient (Wildman–Crippen LogP) is 4.13. The van der Waals surface area contributed by atoms with Gasteiger partial charge in [-0.25, -0.2) is 4.79 Å². The molecular formula is C16H21BrN2O3. The van der Waals surface area contributed by atoms with Crippen molar-refractivity contribution in [3.8, 4) is 0 Å². The molecule has 6 heteroatoms. The van der Waals surface area contributed by atoms with E-state index < -0.39 is 11.7 Å². The van der Waals surface area contributed by atoms with Crippen LogP contribution in [0.15, 0.2) is 18.2 Å². The smallest absolute Gasteiger partial charge is 0.412 e. The summed E-state index contributed by atoms with van der Waals surface area (Å²) in [6.07, 6.45) is 2.39. The van der Waals surface area contributed by atoms with Gasteiger partial charge in [0.05, 0.1) is 24.6 Å². The van der Waals surface area contributed by atoms with Crippen LogP contribution in [0.4, 0.5) is 10.5 Å². The monoisotopic (exact) mass is 368 g/mol. The highest BCUT2D eigenvalue weighted by Gasteiger charge is 2.17. The zero-order valence-corrected chi connectivity index (χ0v) is 14.7. The molecule has 0 aromatic carbocycles. The van der Waals surface area contributed by atoms with Crippen molar-refractivity contribution in [3.63, 3.8) is 0 Å². The summed E-state index contributed by atoms with van der Waals surface area (Å²) in [5.41, 5.74) is 3.02. The first kappa shape index (κ1) is 17.0. The summed E-state index contributed by atoms with van der Waals surface area (Å²) >= 11 is 3.41. The molecule has 2 heterocycles. The Morgan fingerprint density at radius 2 is 2.23 bits per heavy atom. The van der Waals surface area contributed by atoms with Gasteiger partial charge in [-0.3, -0.25) is 10.3 Å². The van der Waals surface area contributed by atoms with Gasteiger partial charge in [-0.2, -0.15) is 0 Å². The zero-order chi connectivity index (χ0) is 16.2. The van der Waals surface area contributed by atoms with Crippen molar-refractivity contribution in [3.05, 3.63) is 29.6 Å². The van der Waals surface area contributed by atoms with Gasteiger partial charge >= 0.3 is 6.09 Å². The maximum Gasteiger partial charge on any atom is 0.412 e. The molecule has 1 N–H and O–H groups in total. The third-order valence-corrected chi connectivity index (χ3v) is 3.53. The molecular weight excluding hydrogens is 348 g/mol. The highest BCUT2D eigenvalue weighted by atomic mass is 79.9. The number of ether oxygens (including phenoxy) is 2. The van der Waals surface area contributed by atoms with Gasteiger partial charge < -0.3 is 9.47 Å². The maximum atomic E-state index is 11.9. The average Bonchev–Trinajstić information content (AvgIpc) is 2.45. The van der Waals surface area contributed by atoms with Crippen molar-refractivity contribution < 1.29 is 14.3 Å². The van der Waals surface area contributed by atoms with Gasteiger partial charge in [-0.15, -0.1) is 0 Å². The molecule has 0 fully saturated rings. The first-order valence-corrected chi connectivity index (χ1v) is 8.33. The number of nitrogens with one attached hydrogen (secondary N) is 1. The standard InChI is InChI=1S/C16H21BrN2O3/c1-16(2,3)22-15(20)19-12-8-13(10-17)18-14(9-12)11-4-6-21-7-5-11/h4,8-9H,5-7,10H2,1-3H3,(H,18,19,20). The number of aromatic nitrogens is 1. The molecule has 1 aliphatic rings. The Morgan fingerprint density at radius 1 is 1.45 bits per heavy atom. The molecule has 1 aliphatic heterocycles. The summed E-state index contributed by atoms with van der Waals surface area (Å²) in [5.74, 6) is 0. The number of anilines is 1. The Balaban J connectivity index is 2.20. The quantitative estimate of drug-likeness (QED) is 0.814. The molecule has 120 valence electrons. The molecule has 1 amide bonds. The number of rotatable bonds is 3. The number of carbonyl (C=O) groups is 1. The lowest BCUT2D eigenvalue weighted by molar-refractivity contribution is 0.0636. The van der Waals surface area contributed by atoms with E-state index in [0.29, 0.717) is 24.2 Å². The number of nitrogens with zero attached hydrogens (tertiary/aromatic N) is 1. The average molecular weight is 369 g/mol.